The standard InChI is InChI=1S/C22H27FN4O3/c1-13(2)20(29)27-11-16-9-18(10-22(16,12-27)21-24-14(3)26-30-21)25-19(28)8-15-4-6-17(23)7-5-15/h4-7,13,16,18H,8-12H2,1-3H3,(H,25,28)/t16-,18+,22-/m0/s1. The number of likely N-dealkylation sites (tertiary alicyclic amines) is 1. The van der Waals surface area contributed by atoms with E-state index in [4.69, 9.17) is 4.52 Å². The summed E-state index contributed by atoms with van der Waals surface area (Å²) in [6, 6.07) is 5.92. The number of hydrogen-bond donors (Lipinski definition) is 1. The van der Waals surface area contributed by atoms with E-state index in [9.17, 15) is 14.0 Å². The van der Waals surface area contributed by atoms with Crippen molar-refractivity contribution in [2.24, 2.45) is 11.8 Å². The number of halogens is 1. The molecule has 7 nitrogen and oxygen atoms in total. The van der Waals surface area contributed by atoms with Crippen LogP contribution in [0.3, 0.4) is 0 Å². The molecule has 1 aliphatic carbocycles. The number of fused-ring (bicyclic) bond motifs is 1. The van der Waals surface area contributed by atoms with Crippen LogP contribution >= 0.6 is 0 Å². The lowest BCUT2D eigenvalue weighted by atomic mass is 9.80. The van der Waals surface area contributed by atoms with Gasteiger partial charge in [0.1, 0.15) is 5.82 Å². The minimum absolute atomic E-state index is 0.0357. The third-order valence-corrected chi connectivity index (χ3v) is 6.28. The molecule has 8 heteroatoms. The van der Waals surface area contributed by atoms with Crippen molar-refractivity contribution >= 4 is 11.8 Å². The van der Waals surface area contributed by atoms with E-state index in [1.807, 2.05) is 18.7 Å². The van der Waals surface area contributed by atoms with E-state index < -0.39 is 5.41 Å². The van der Waals surface area contributed by atoms with Gasteiger partial charge in [-0.25, -0.2) is 4.39 Å². The predicted octanol–water partition coefficient (Wildman–Crippen LogP) is 2.39. The lowest BCUT2D eigenvalue weighted by molar-refractivity contribution is -0.134. The van der Waals surface area contributed by atoms with Crippen molar-refractivity contribution in [2.45, 2.75) is 51.5 Å². The smallest absolute Gasteiger partial charge is 0.235 e. The van der Waals surface area contributed by atoms with Crippen LogP contribution in [-0.4, -0.2) is 46.0 Å². The number of aryl methyl sites for hydroxylation is 1. The van der Waals surface area contributed by atoms with Crippen molar-refractivity contribution in [1.82, 2.24) is 20.4 Å². The number of benzene rings is 1. The van der Waals surface area contributed by atoms with E-state index >= 15 is 0 Å². The summed E-state index contributed by atoms with van der Waals surface area (Å²) >= 11 is 0. The highest BCUT2D eigenvalue weighted by Gasteiger charge is 2.58. The van der Waals surface area contributed by atoms with Crippen molar-refractivity contribution in [3.63, 3.8) is 0 Å². The van der Waals surface area contributed by atoms with Crippen LogP contribution in [0.4, 0.5) is 4.39 Å². The SMILES string of the molecule is Cc1noc([C@]23C[C@H](NC(=O)Cc4ccc(F)cc4)C[C@H]2CN(C(=O)C(C)C)C3)n1. The van der Waals surface area contributed by atoms with E-state index in [1.54, 1.807) is 19.1 Å². The fourth-order valence-corrected chi connectivity index (χ4v) is 4.91. The van der Waals surface area contributed by atoms with Gasteiger partial charge in [0.2, 0.25) is 17.7 Å². The zero-order chi connectivity index (χ0) is 21.5. The van der Waals surface area contributed by atoms with E-state index in [-0.39, 0.29) is 41.9 Å². The van der Waals surface area contributed by atoms with Gasteiger partial charge < -0.3 is 14.7 Å². The van der Waals surface area contributed by atoms with Crippen LogP contribution in [0.2, 0.25) is 0 Å². The molecule has 0 spiro atoms. The number of carbonyl (C=O) groups excluding carboxylic acids is 2. The topological polar surface area (TPSA) is 88.3 Å². The Balaban J connectivity index is 1.48. The lowest BCUT2D eigenvalue weighted by Crippen LogP contribution is -2.40. The summed E-state index contributed by atoms with van der Waals surface area (Å²) in [5.41, 5.74) is 0.336. The summed E-state index contributed by atoms with van der Waals surface area (Å²) < 4.78 is 18.6. The predicted molar refractivity (Wildman–Crippen MR) is 107 cm³/mol. The second kappa shape index (κ2) is 7.81. The second-order valence-electron chi connectivity index (χ2n) is 8.88. The Morgan fingerprint density at radius 3 is 2.70 bits per heavy atom. The number of rotatable bonds is 5. The number of amides is 2. The highest BCUT2D eigenvalue weighted by Crippen LogP contribution is 2.50. The average Bonchev–Trinajstić information content (AvgIpc) is 3.35. The summed E-state index contributed by atoms with van der Waals surface area (Å²) in [6.07, 6.45) is 1.60. The Morgan fingerprint density at radius 1 is 1.33 bits per heavy atom. The molecular formula is C22H27FN4O3. The molecule has 2 amide bonds. The average molecular weight is 414 g/mol. The summed E-state index contributed by atoms with van der Waals surface area (Å²) in [6.45, 7) is 6.74. The van der Waals surface area contributed by atoms with Gasteiger partial charge in [-0.1, -0.05) is 31.1 Å². The molecule has 1 saturated carbocycles. The normalized spacial score (nSPS) is 25.6. The number of hydrogen-bond acceptors (Lipinski definition) is 5. The maximum atomic E-state index is 13.1. The van der Waals surface area contributed by atoms with Gasteiger partial charge in [-0.05, 0) is 43.4 Å². The molecule has 1 saturated heterocycles. The third kappa shape index (κ3) is 3.82. The highest BCUT2D eigenvalue weighted by atomic mass is 19.1. The number of nitrogens with zero attached hydrogens (tertiary/aromatic N) is 3. The molecule has 2 aliphatic rings. The second-order valence-corrected chi connectivity index (χ2v) is 8.88. The fraction of sp³-hybridized carbons (Fsp3) is 0.545. The Morgan fingerprint density at radius 2 is 2.07 bits per heavy atom. The molecule has 2 aromatic rings. The monoisotopic (exact) mass is 414 g/mol. The first-order valence-electron chi connectivity index (χ1n) is 10.4. The Hall–Kier alpha value is -2.77. The van der Waals surface area contributed by atoms with E-state index in [2.05, 4.69) is 15.5 Å². The zero-order valence-corrected chi connectivity index (χ0v) is 17.5. The van der Waals surface area contributed by atoms with E-state index in [0.717, 1.165) is 12.0 Å². The van der Waals surface area contributed by atoms with Crippen molar-refractivity contribution < 1.29 is 18.5 Å². The van der Waals surface area contributed by atoms with Gasteiger partial charge in [0.15, 0.2) is 5.82 Å². The van der Waals surface area contributed by atoms with Gasteiger partial charge >= 0.3 is 0 Å². The molecular weight excluding hydrogens is 387 g/mol. The number of carbonyl (C=O) groups is 2. The molecule has 2 heterocycles. The van der Waals surface area contributed by atoms with Crippen molar-refractivity contribution in [1.29, 1.82) is 0 Å². The first-order valence-corrected chi connectivity index (χ1v) is 10.4. The van der Waals surface area contributed by atoms with Crippen LogP contribution in [-0.2, 0) is 21.4 Å². The molecule has 30 heavy (non-hydrogen) atoms. The van der Waals surface area contributed by atoms with Gasteiger partial charge in [-0.15, -0.1) is 0 Å². The molecule has 2 fully saturated rings. The minimum atomic E-state index is -0.431. The number of aromatic nitrogens is 2. The van der Waals surface area contributed by atoms with Gasteiger partial charge in [0.05, 0.1) is 11.8 Å². The van der Waals surface area contributed by atoms with Crippen LogP contribution in [0.25, 0.3) is 0 Å². The summed E-state index contributed by atoms with van der Waals surface area (Å²) in [5, 5.41) is 7.08. The molecule has 1 aromatic heterocycles. The van der Waals surface area contributed by atoms with Crippen LogP contribution < -0.4 is 5.32 Å². The van der Waals surface area contributed by atoms with Gasteiger partial charge in [-0.2, -0.15) is 4.98 Å². The Kier molecular flexibility index (Phi) is 5.34. The molecule has 3 atom stereocenters. The third-order valence-electron chi connectivity index (χ3n) is 6.28. The fourth-order valence-electron chi connectivity index (χ4n) is 4.91. The van der Waals surface area contributed by atoms with Crippen LogP contribution in [0.5, 0.6) is 0 Å². The minimum Gasteiger partial charge on any atom is -0.353 e. The van der Waals surface area contributed by atoms with Gasteiger partial charge in [-0.3, -0.25) is 9.59 Å². The zero-order valence-electron chi connectivity index (χ0n) is 17.5. The Labute approximate surface area is 175 Å². The van der Waals surface area contributed by atoms with Crippen molar-refractivity contribution in [3.05, 3.63) is 47.4 Å². The molecule has 1 N–H and O–H groups in total. The number of nitrogens with one attached hydrogen (secondary N) is 1. The molecule has 1 aromatic carbocycles. The van der Waals surface area contributed by atoms with E-state index in [1.165, 1.54) is 12.1 Å². The maximum Gasteiger partial charge on any atom is 0.235 e. The molecule has 1 aliphatic heterocycles. The molecule has 160 valence electrons. The van der Waals surface area contributed by atoms with Gasteiger partial charge in [0.25, 0.3) is 0 Å². The molecule has 4 rings (SSSR count). The molecule has 0 bridgehead atoms. The van der Waals surface area contributed by atoms with Crippen LogP contribution in [0, 0.1) is 24.6 Å². The quantitative estimate of drug-likeness (QED) is 0.812. The van der Waals surface area contributed by atoms with Crippen molar-refractivity contribution in [3.8, 4) is 0 Å². The first-order chi connectivity index (χ1) is 14.3. The maximum absolute atomic E-state index is 13.1. The van der Waals surface area contributed by atoms with Crippen molar-refractivity contribution in [2.75, 3.05) is 13.1 Å². The Bertz CT molecular complexity index is 942. The van der Waals surface area contributed by atoms with Gasteiger partial charge in [0, 0.05) is 25.0 Å². The molecule has 0 radical (unpaired) electrons. The van der Waals surface area contributed by atoms with Crippen LogP contribution in [0.15, 0.2) is 28.8 Å². The summed E-state index contributed by atoms with van der Waals surface area (Å²) in [7, 11) is 0. The first kappa shape index (κ1) is 20.5. The van der Waals surface area contributed by atoms with Crippen LogP contribution in [0.1, 0.15) is 44.0 Å². The lowest BCUT2D eigenvalue weighted by Gasteiger charge is -2.26. The summed E-state index contributed by atoms with van der Waals surface area (Å²) in [4.78, 5) is 31.5. The largest absolute Gasteiger partial charge is 0.353 e. The van der Waals surface area contributed by atoms with E-state index in [0.29, 0.717) is 31.2 Å². The highest BCUT2D eigenvalue weighted by molar-refractivity contribution is 5.79. The molecule has 0 unspecified atom stereocenters. The summed E-state index contributed by atoms with van der Waals surface area (Å²) in [5.74, 6) is 0.901.